The maximum absolute atomic E-state index is 12.0. The second kappa shape index (κ2) is 6.39. The molecule has 0 N–H and O–H groups in total. The van der Waals surface area contributed by atoms with Crippen molar-refractivity contribution in [1.82, 2.24) is 0 Å². The van der Waals surface area contributed by atoms with Crippen LogP contribution < -0.4 is 0 Å². The van der Waals surface area contributed by atoms with Crippen molar-refractivity contribution in [3.05, 3.63) is 52.8 Å². The molecule has 1 aliphatic heterocycles. The summed E-state index contributed by atoms with van der Waals surface area (Å²) in [6.07, 6.45) is 6.79. The van der Waals surface area contributed by atoms with Gasteiger partial charge in [-0.05, 0) is 43.7 Å². The first-order chi connectivity index (χ1) is 10.7. The lowest BCUT2D eigenvalue weighted by atomic mass is 10.1. The highest BCUT2D eigenvalue weighted by atomic mass is 16.5. The molecule has 0 saturated heterocycles. The minimum atomic E-state index is -0.252. The fourth-order valence-corrected chi connectivity index (χ4v) is 2.78. The Labute approximate surface area is 131 Å². The minimum absolute atomic E-state index is 0.252. The normalized spacial score (nSPS) is 18.4. The van der Waals surface area contributed by atoms with E-state index in [2.05, 4.69) is 37.3 Å². The Bertz CT molecular complexity index is 619. The number of benzene rings is 1. The van der Waals surface area contributed by atoms with Crippen molar-refractivity contribution in [3.8, 4) is 0 Å². The molecule has 2 aliphatic rings. The number of allylic oxidation sites excluding steroid dienone is 2. The summed E-state index contributed by atoms with van der Waals surface area (Å²) < 4.78 is 11.1. The topological polar surface area (TPSA) is 35.5 Å². The number of methoxy groups -OCH3 is 1. The largest absolute Gasteiger partial charge is 0.466 e. The molecule has 116 valence electrons. The quantitative estimate of drug-likeness (QED) is 0.780. The van der Waals surface area contributed by atoms with Crippen molar-refractivity contribution in [3.63, 3.8) is 0 Å². The fraction of sp³-hybridized carbons (Fsp3) is 0.421. The molecule has 3 nitrogen and oxygen atoms in total. The van der Waals surface area contributed by atoms with Crippen LogP contribution >= 0.6 is 0 Å². The zero-order valence-electron chi connectivity index (χ0n) is 13.2. The van der Waals surface area contributed by atoms with Crippen LogP contribution in [0.5, 0.6) is 0 Å². The number of esters is 1. The van der Waals surface area contributed by atoms with Gasteiger partial charge in [0.1, 0.15) is 11.5 Å². The molecular weight excluding hydrogens is 276 g/mol. The summed E-state index contributed by atoms with van der Waals surface area (Å²) in [5.74, 6) is 1.82. The molecule has 22 heavy (non-hydrogen) atoms. The van der Waals surface area contributed by atoms with E-state index in [4.69, 9.17) is 9.47 Å². The molecule has 3 rings (SSSR count). The van der Waals surface area contributed by atoms with Crippen LogP contribution in [0, 0.1) is 5.92 Å². The van der Waals surface area contributed by atoms with Gasteiger partial charge in [0.05, 0.1) is 12.7 Å². The van der Waals surface area contributed by atoms with Crippen LogP contribution in [-0.2, 0) is 20.7 Å². The third kappa shape index (κ3) is 3.08. The van der Waals surface area contributed by atoms with Crippen molar-refractivity contribution in [2.45, 2.75) is 39.0 Å². The maximum Gasteiger partial charge on any atom is 0.337 e. The Morgan fingerprint density at radius 1 is 1.27 bits per heavy atom. The summed E-state index contributed by atoms with van der Waals surface area (Å²) >= 11 is 0. The molecule has 0 bridgehead atoms. The van der Waals surface area contributed by atoms with E-state index in [-0.39, 0.29) is 5.97 Å². The van der Waals surface area contributed by atoms with Crippen molar-refractivity contribution < 1.29 is 14.3 Å². The first-order valence-corrected chi connectivity index (χ1v) is 8.01. The van der Waals surface area contributed by atoms with Crippen molar-refractivity contribution in [1.29, 1.82) is 0 Å². The highest BCUT2D eigenvalue weighted by molar-refractivity contribution is 5.89. The molecule has 0 aromatic heterocycles. The van der Waals surface area contributed by atoms with E-state index in [0.717, 1.165) is 42.8 Å². The maximum atomic E-state index is 12.0. The molecular formula is C19H22O3. The monoisotopic (exact) mass is 298 g/mol. The number of rotatable bonds is 4. The summed E-state index contributed by atoms with van der Waals surface area (Å²) in [5, 5.41) is 0. The van der Waals surface area contributed by atoms with Crippen LogP contribution in [0.2, 0.25) is 0 Å². The van der Waals surface area contributed by atoms with Crippen molar-refractivity contribution in [2.75, 3.05) is 7.11 Å². The van der Waals surface area contributed by atoms with Gasteiger partial charge in [0.2, 0.25) is 0 Å². The van der Waals surface area contributed by atoms with E-state index in [1.165, 1.54) is 12.7 Å². The predicted molar refractivity (Wildman–Crippen MR) is 85.9 cm³/mol. The Morgan fingerprint density at radius 2 is 2.00 bits per heavy atom. The molecule has 0 atom stereocenters. The van der Waals surface area contributed by atoms with Gasteiger partial charge >= 0.3 is 5.97 Å². The van der Waals surface area contributed by atoms with Gasteiger partial charge in [0, 0.05) is 11.5 Å². The molecule has 1 aromatic carbocycles. The summed E-state index contributed by atoms with van der Waals surface area (Å²) in [6, 6.07) is 8.45. The molecule has 1 heterocycles. The molecule has 0 unspecified atom stereocenters. The van der Waals surface area contributed by atoms with Crippen LogP contribution in [0.1, 0.15) is 43.7 Å². The number of hydrogen-bond acceptors (Lipinski definition) is 3. The number of hydrogen-bond donors (Lipinski definition) is 0. The third-order valence-corrected chi connectivity index (χ3v) is 4.27. The molecule has 1 fully saturated rings. The molecule has 1 aliphatic carbocycles. The van der Waals surface area contributed by atoms with E-state index in [1.807, 2.05) is 0 Å². The molecule has 3 heteroatoms. The Balaban J connectivity index is 1.89. The first-order valence-electron chi connectivity index (χ1n) is 8.01. The standard InChI is InChI=1S/C19H22O3/c1-3-13-7-9-14(10-8-13)17-6-4-5-16(19(20)21-2)18(22-17)15-11-12-15/h6-10,15H,3-5,11-12H2,1-2H3. The van der Waals surface area contributed by atoms with Crippen LogP contribution in [0.3, 0.4) is 0 Å². The van der Waals surface area contributed by atoms with E-state index >= 15 is 0 Å². The molecule has 0 spiro atoms. The molecule has 0 amide bonds. The van der Waals surface area contributed by atoms with Gasteiger partial charge in [-0.2, -0.15) is 0 Å². The number of carbonyl (C=O) groups is 1. The second-order valence-electron chi connectivity index (χ2n) is 5.87. The van der Waals surface area contributed by atoms with Crippen molar-refractivity contribution >= 4 is 11.7 Å². The molecule has 1 saturated carbocycles. The van der Waals surface area contributed by atoms with Gasteiger partial charge in [0.15, 0.2) is 0 Å². The Kier molecular flexibility index (Phi) is 4.32. The van der Waals surface area contributed by atoms with E-state index in [0.29, 0.717) is 17.9 Å². The average molecular weight is 298 g/mol. The second-order valence-corrected chi connectivity index (χ2v) is 5.87. The van der Waals surface area contributed by atoms with E-state index in [9.17, 15) is 4.79 Å². The third-order valence-electron chi connectivity index (χ3n) is 4.27. The van der Waals surface area contributed by atoms with Crippen LogP contribution in [-0.4, -0.2) is 13.1 Å². The summed E-state index contributed by atoms with van der Waals surface area (Å²) in [4.78, 5) is 12.0. The van der Waals surface area contributed by atoms with Gasteiger partial charge in [-0.1, -0.05) is 31.2 Å². The van der Waals surface area contributed by atoms with Crippen molar-refractivity contribution in [2.24, 2.45) is 5.92 Å². The van der Waals surface area contributed by atoms with Gasteiger partial charge in [-0.3, -0.25) is 0 Å². The zero-order valence-corrected chi connectivity index (χ0v) is 13.2. The lowest BCUT2D eigenvalue weighted by Crippen LogP contribution is -2.09. The molecule has 1 aromatic rings. The number of aryl methyl sites for hydroxylation is 1. The minimum Gasteiger partial charge on any atom is -0.466 e. The lowest BCUT2D eigenvalue weighted by molar-refractivity contribution is -0.136. The number of carbonyl (C=O) groups excluding carboxylic acids is 1. The van der Waals surface area contributed by atoms with Crippen LogP contribution in [0.25, 0.3) is 5.76 Å². The highest BCUT2D eigenvalue weighted by Gasteiger charge is 2.34. The first kappa shape index (κ1) is 14.9. The Morgan fingerprint density at radius 3 is 2.59 bits per heavy atom. The lowest BCUT2D eigenvalue weighted by Gasteiger charge is -2.14. The fourth-order valence-electron chi connectivity index (χ4n) is 2.78. The van der Waals surface area contributed by atoms with E-state index < -0.39 is 0 Å². The molecule has 0 radical (unpaired) electrons. The SMILES string of the molecule is CCc1ccc(C2=CCCC(C(=O)OC)=C(C3CC3)O2)cc1. The summed E-state index contributed by atoms with van der Waals surface area (Å²) in [7, 11) is 1.43. The zero-order chi connectivity index (χ0) is 15.5. The smallest absolute Gasteiger partial charge is 0.337 e. The summed E-state index contributed by atoms with van der Waals surface area (Å²) in [5.41, 5.74) is 3.09. The number of ether oxygens (including phenoxy) is 2. The average Bonchev–Trinajstić information content (AvgIpc) is 3.39. The van der Waals surface area contributed by atoms with Gasteiger partial charge in [-0.25, -0.2) is 4.79 Å². The van der Waals surface area contributed by atoms with E-state index in [1.54, 1.807) is 0 Å². The van der Waals surface area contributed by atoms with Gasteiger partial charge in [0.25, 0.3) is 0 Å². The van der Waals surface area contributed by atoms with Gasteiger partial charge in [-0.15, -0.1) is 0 Å². The van der Waals surface area contributed by atoms with Gasteiger partial charge < -0.3 is 9.47 Å². The Hall–Kier alpha value is -2.03. The van der Waals surface area contributed by atoms with Crippen LogP contribution in [0.15, 0.2) is 41.7 Å². The summed E-state index contributed by atoms with van der Waals surface area (Å²) in [6.45, 7) is 2.15. The highest BCUT2D eigenvalue weighted by Crippen LogP contribution is 2.43. The predicted octanol–water partition coefficient (Wildman–Crippen LogP) is 4.24. The van der Waals surface area contributed by atoms with Crippen LogP contribution in [0.4, 0.5) is 0 Å².